The molecule has 6 heteroatoms. The van der Waals surface area contributed by atoms with Crippen LogP contribution in [0.15, 0.2) is 0 Å². The fourth-order valence-corrected chi connectivity index (χ4v) is 3.37. The van der Waals surface area contributed by atoms with Crippen LogP contribution >= 0.6 is 0 Å². The molecule has 3 N–H and O–H groups in total. The Morgan fingerprint density at radius 2 is 2.11 bits per heavy atom. The second kappa shape index (κ2) is 6.54. The molecule has 2 heterocycles. The summed E-state index contributed by atoms with van der Waals surface area (Å²) in [6.07, 6.45) is 5.05. The highest BCUT2D eigenvalue weighted by atomic mass is 16.4. The first-order valence-electron chi connectivity index (χ1n) is 7.05. The third-order valence-corrected chi connectivity index (χ3v) is 4.29. The molecule has 0 aromatic heterocycles. The Bertz CT molecular complexity index is 284. The summed E-state index contributed by atoms with van der Waals surface area (Å²) in [6.45, 7) is 3.01. The molecule has 0 unspecified atom stereocenters. The first-order valence-corrected chi connectivity index (χ1v) is 7.05. The average Bonchev–Trinajstić information content (AvgIpc) is 2.96. The predicted molar refractivity (Wildman–Crippen MR) is 70.9 cm³/mol. The van der Waals surface area contributed by atoms with Gasteiger partial charge in [-0.3, -0.25) is 9.69 Å². The van der Waals surface area contributed by atoms with Crippen molar-refractivity contribution >= 4 is 13.5 Å². The minimum atomic E-state index is -0.731. The van der Waals surface area contributed by atoms with Crippen molar-refractivity contribution in [2.75, 3.05) is 19.6 Å². The normalized spacial score (nSPS) is 32.8. The Labute approximate surface area is 109 Å². The largest absolute Gasteiger partial charge is 0.480 e. The van der Waals surface area contributed by atoms with Gasteiger partial charge in [0.05, 0.1) is 0 Å². The highest BCUT2D eigenvalue weighted by molar-refractivity contribution is 6.25. The van der Waals surface area contributed by atoms with E-state index in [0.717, 1.165) is 38.8 Å². The minimum Gasteiger partial charge on any atom is -0.480 e. The third kappa shape index (κ3) is 3.05. The van der Waals surface area contributed by atoms with Crippen molar-refractivity contribution in [1.29, 1.82) is 0 Å². The van der Waals surface area contributed by atoms with Crippen molar-refractivity contribution in [3.8, 4) is 0 Å². The third-order valence-electron chi connectivity index (χ3n) is 4.29. The first kappa shape index (κ1) is 13.8. The molecule has 2 aliphatic rings. The monoisotopic (exact) mass is 254 g/mol. The molecule has 0 saturated carbocycles. The van der Waals surface area contributed by atoms with Crippen LogP contribution < -0.4 is 5.32 Å². The van der Waals surface area contributed by atoms with E-state index in [0.29, 0.717) is 6.04 Å². The van der Waals surface area contributed by atoms with E-state index in [1.807, 2.05) is 0 Å². The van der Waals surface area contributed by atoms with Gasteiger partial charge in [-0.25, -0.2) is 0 Å². The van der Waals surface area contributed by atoms with Crippen LogP contribution in [0.4, 0.5) is 0 Å². The summed E-state index contributed by atoms with van der Waals surface area (Å²) in [5, 5.41) is 21.3. The second-order valence-electron chi connectivity index (χ2n) is 5.42. The number of nitrogens with one attached hydrogen (secondary N) is 1. The van der Waals surface area contributed by atoms with Crippen LogP contribution in [0.3, 0.4) is 0 Å². The molecule has 2 aliphatic heterocycles. The Morgan fingerprint density at radius 1 is 1.39 bits per heavy atom. The number of carboxylic acids is 1. The van der Waals surface area contributed by atoms with E-state index < -0.39 is 12.0 Å². The average molecular weight is 254 g/mol. The van der Waals surface area contributed by atoms with Crippen molar-refractivity contribution in [3.05, 3.63) is 0 Å². The van der Waals surface area contributed by atoms with Gasteiger partial charge in [0.15, 0.2) is 0 Å². The second-order valence-corrected chi connectivity index (χ2v) is 5.42. The van der Waals surface area contributed by atoms with Gasteiger partial charge in [-0.05, 0) is 32.4 Å². The van der Waals surface area contributed by atoms with E-state index in [9.17, 15) is 9.90 Å². The summed E-state index contributed by atoms with van der Waals surface area (Å²) in [5.41, 5.74) is 0. The lowest BCUT2D eigenvalue weighted by Gasteiger charge is -2.29. The van der Waals surface area contributed by atoms with Crippen LogP contribution in [0, 0.1) is 5.92 Å². The number of hydrogen-bond acceptors (Lipinski definition) is 4. The molecule has 2 saturated heterocycles. The number of carbonyl (C=O) groups is 1. The maximum absolute atomic E-state index is 11.3. The molecule has 0 aromatic rings. The molecule has 3 atom stereocenters. The summed E-state index contributed by atoms with van der Waals surface area (Å²) in [5.74, 6) is -0.544. The number of rotatable bonds is 6. The molecular weight excluding hydrogens is 231 g/mol. The van der Waals surface area contributed by atoms with Gasteiger partial charge in [0.25, 0.3) is 7.48 Å². The predicted octanol–water partition coefficient (Wildman–Crippen LogP) is -0.334. The quantitative estimate of drug-likeness (QED) is 0.447. The van der Waals surface area contributed by atoms with Gasteiger partial charge in [0.1, 0.15) is 6.04 Å². The first-order chi connectivity index (χ1) is 8.74. The van der Waals surface area contributed by atoms with E-state index >= 15 is 0 Å². The topological polar surface area (TPSA) is 72.8 Å². The zero-order valence-electron chi connectivity index (χ0n) is 10.8. The molecular formula is C12H23BN2O3. The van der Waals surface area contributed by atoms with Gasteiger partial charge < -0.3 is 15.4 Å². The van der Waals surface area contributed by atoms with Crippen molar-refractivity contribution in [1.82, 2.24) is 10.2 Å². The highest BCUT2D eigenvalue weighted by Crippen LogP contribution is 2.29. The lowest BCUT2D eigenvalue weighted by atomic mass is 9.85. The maximum atomic E-state index is 11.3. The van der Waals surface area contributed by atoms with Crippen LogP contribution in [0.2, 0.25) is 6.32 Å². The molecule has 0 spiro atoms. The standard InChI is InChI=1S/C12H23BN2O3/c16-12(17)11-9(4-3-5-13-18)10(8-14-11)15-6-1-2-7-15/h9-11,13-14,18H,1-8H2,(H,16,17)/t9-,10+,11+/m1/s1. The van der Waals surface area contributed by atoms with Crippen LogP contribution in [0.25, 0.3) is 0 Å². The van der Waals surface area contributed by atoms with E-state index in [1.54, 1.807) is 0 Å². The molecule has 5 nitrogen and oxygen atoms in total. The van der Waals surface area contributed by atoms with E-state index in [1.165, 1.54) is 12.8 Å². The van der Waals surface area contributed by atoms with E-state index in [-0.39, 0.29) is 13.4 Å². The summed E-state index contributed by atoms with van der Waals surface area (Å²) in [7, 11) is 0.201. The minimum absolute atomic E-state index is 0.187. The molecule has 2 fully saturated rings. The molecule has 0 aromatic carbocycles. The van der Waals surface area contributed by atoms with Gasteiger partial charge in [-0.2, -0.15) is 0 Å². The number of nitrogens with zero attached hydrogens (tertiary/aromatic N) is 1. The van der Waals surface area contributed by atoms with E-state index in [2.05, 4.69) is 10.2 Å². The fourth-order valence-electron chi connectivity index (χ4n) is 3.37. The van der Waals surface area contributed by atoms with Crippen molar-refractivity contribution in [3.63, 3.8) is 0 Å². The van der Waals surface area contributed by atoms with Gasteiger partial charge in [-0.1, -0.05) is 12.7 Å². The van der Waals surface area contributed by atoms with Gasteiger partial charge in [0.2, 0.25) is 0 Å². The van der Waals surface area contributed by atoms with Gasteiger partial charge in [-0.15, -0.1) is 0 Å². The molecule has 0 amide bonds. The number of carboxylic acid groups (broad SMARTS) is 1. The lowest BCUT2D eigenvalue weighted by Crippen LogP contribution is -2.41. The number of hydrogen-bond donors (Lipinski definition) is 3. The van der Waals surface area contributed by atoms with Crippen molar-refractivity contribution in [2.24, 2.45) is 5.92 Å². The maximum Gasteiger partial charge on any atom is 0.321 e. The van der Waals surface area contributed by atoms with E-state index in [4.69, 9.17) is 5.02 Å². The van der Waals surface area contributed by atoms with Crippen molar-refractivity contribution < 1.29 is 14.9 Å². The number of likely N-dealkylation sites (tertiary alicyclic amines) is 1. The van der Waals surface area contributed by atoms with Crippen LogP contribution in [-0.2, 0) is 4.79 Å². The summed E-state index contributed by atoms with van der Waals surface area (Å²) >= 11 is 0. The van der Waals surface area contributed by atoms with Gasteiger partial charge in [0, 0.05) is 18.5 Å². The zero-order valence-corrected chi connectivity index (χ0v) is 10.8. The molecule has 102 valence electrons. The highest BCUT2D eigenvalue weighted by Gasteiger charge is 2.42. The smallest absolute Gasteiger partial charge is 0.321 e. The Hall–Kier alpha value is -0.585. The molecule has 0 aliphatic carbocycles. The summed E-state index contributed by atoms with van der Waals surface area (Å²) in [4.78, 5) is 13.7. The van der Waals surface area contributed by atoms with Crippen LogP contribution in [0.1, 0.15) is 25.7 Å². The SMILES string of the molecule is O=C(O)[C@H]1NC[C@H](N2CCCC2)[C@H]1CCCBO. The Kier molecular flexibility index (Phi) is 5.03. The van der Waals surface area contributed by atoms with Crippen LogP contribution in [0.5, 0.6) is 0 Å². The van der Waals surface area contributed by atoms with Gasteiger partial charge >= 0.3 is 5.97 Å². The molecule has 0 radical (unpaired) electrons. The summed E-state index contributed by atoms with van der Waals surface area (Å²) in [6, 6.07) is -0.0402. The Balaban J connectivity index is 1.96. The Morgan fingerprint density at radius 3 is 2.72 bits per heavy atom. The van der Waals surface area contributed by atoms with Crippen molar-refractivity contribution in [2.45, 2.75) is 44.1 Å². The number of aliphatic carboxylic acids is 1. The summed E-state index contributed by atoms with van der Waals surface area (Å²) < 4.78 is 0. The molecule has 18 heavy (non-hydrogen) atoms. The fraction of sp³-hybridized carbons (Fsp3) is 0.917. The lowest BCUT2D eigenvalue weighted by molar-refractivity contribution is -0.140. The molecule has 2 rings (SSSR count). The van der Waals surface area contributed by atoms with Crippen LogP contribution in [-0.4, -0.2) is 60.2 Å². The molecule has 0 bridgehead atoms. The zero-order chi connectivity index (χ0) is 13.0.